The van der Waals surface area contributed by atoms with Gasteiger partial charge >= 0.3 is 0 Å². The molecule has 0 aliphatic carbocycles. The number of hydrogen-bond donors (Lipinski definition) is 1. The minimum Gasteiger partial charge on any atom is -0.335 e. The number of piperazine rings is 1. The predicted molar refractivity (Wildman–Crippen MR) is 106 cm³/mol. The molecule has 0 spiro atoms. The molecular weight excluding hydrogens is 340 g/mol. The molecule has 1 saturated heterocycles. The van der Waals surface area contributed by atoms with Crippen LogP contribution in [0.2, 0.25) is 0 Å². The third kappa shape index (κ3) is 4.71. The van der Waals surface area contributed by atoms with Crippen LogP contribution in [0.5, 0.6) is 0 Å². The molecule has 6 nitrogen and oxygen atoms in total. The summed E-state index contributed by atoms with van der Waals surface area (Å²) >= 11 is 0. The number of hydrogen-bond acceptors (Lipinski definition) is 4. The van der Waals surface area contributed by atoms with Gasteiger partial charge in [-0.25, -0.2) is 0 Å². The molecule has 27 heavy (non-hydrogen) atoms. The van der Waals surface area contributed by atoms with Crippen molar-refractivity contribution in [1.29, 1.82) is 0 Å². The molecule has 0 atom stereocenters. The molecule has 2 heterocycles. The maximum atomic E-state index is 12.7. The Morgan fingerprint density at radius 3 is 2.33 bits per heavy atom. The van der Waals surface area contributed by atoms with E-state index in [2.05, 4.69) is 29.0 Å². The Balaban J connectivity index is 1.69. The molecule has 2 aromatic rings. The topological polar surface area (TPSA) is 65.5 Å². The van der Waals surface area contributed by atoms with Gasteiger partial charge in [0.05, 0.1) is 0 Å². The number of aromatic nitrogens is 1. The fourth-order valence-corrected chi connectivity index (χ4v) is 3.01. The summed E-state index contributed by atoms with van der Waals surface area (Å²) in [6.45, 7) is 7.30. The second-order valence-corrected chi connectivity index (χ2v) is 7.26. The van der Waals surface area contributed by atoms with Gasteiger partial charge in [-0.3, -0.25) is 14.6 Å². The lowest BCUT2D eigenvalue weighted by Gasteiger charge is -2.32. The van der Waals surface area contributed by atoms with Crippen LogP contribution in [-0.4, -0.2) is 59.8 Å². The predicted octanol–water partition coefficient (Wildman–Crippen LogP) is 2.84. The van der Waals surface area contributed by atoms with Crippen molar-refractivity contribution in [3.8, 4) is 0 Å². The van der Waals surface area contributed by atoms with E-state index in [1.807, 2.05) is 31.3 Å². The van der Waals surface area contributed by atoms with E-state index in [9.17, 15) is 9.59 Å². The van der Waals surface area contributed by atoms with E-state index in [1.165, 1.54) is 11.8 Å². The van der Waals surface area contributed by atoms with Gasteiger partial charge < -0.3 is 15.1 Å². The summed E-state index contributed by atoms with van der Waals surface area (Å²) in [4.78, 5) is 33.4. The first-order valence-electron chi connectivity index (χ1n) is 9.29. The smallest absolute Gasteiger partial charge is 0.272 e. The maximum absolute atomic E-state index is 12.7. The molecule has 2 amide bonds. The maximum Gasteiger partial charge on any atom is 0.272 e. The highest BCUT2D eigenvalue weighted by Crippen LogP contribution is 2.18. The number of anilines is 1. The molecule has 1 aliphatic rings. The molecule has 1 fully saturated rings. The Hall–Kier alpha value is -2.73. The summed E-state index contributed by atoms with van der Waals surface area (Å²) in [5.74, 6) is 0.0688. The molecule has 0 unspecified atom stereocenters. The molecule has 0 bridgehead atoms. The van der Waals surface area contributed by atoms with Crippen molar-refractivity contribution >= 4 is 17.5 Å². The molecule has 6 heteroatoms. The van der Waals surface area contributed by atoms with E-state index in [4.69, 9.17) is 0 Å². The lowest BCUT2D eigenvalue weighted by atomic mass is 10.0. The Labute approximate surface area is 160 Å². The monoisotopic (exact) mass is 366 g/mol. The van der Waals surface area contributed by atoms with Crippen molar-refractivity contribution in [1.82, 2.24) is 14.8 Å². The number of benzene rings is 1. The Kier molecular flexibility index (Phi) is 5.86. The number of amides is 2. The van der Waals surface area contributed by atoms with Gasteiger partial charge in [-0.1, -0.05) is 26.0 Å². The van der Waals surface area contributed by atoms with E-state index in [0.29, 0.717) is 30.3 Å². The van der Waals surface area contributed by atoms with Crippen LogP contribution in [0.3, 0.4) is 0 Å². The average Bonchev–Trinajstić information content (AvgIpc) is 2.68. The number of pyridine rings is 1. The average molecular weight is 366 g/mol. The van der Waals surface area contributed by atoms with E-state index in [0.717, 1.165) is 18.8 Å². The molecular formula is C21H26N4O2. The van der Waals surface area contributed by atoms with E-state index < -0.39 is 0 Å². The summed E-state index contributed by atoms with van der Waals surface area (Å²) in [6.07, 6.45) is 1.51. The molecule has 0 saturated carbocycles. The molecule has 1 aromatic heterocycles. The van der Waals surface area contributed by atoms with Crippen molar-refractivity contribution in [2.75, 3.05) is 38.5 Å². The van der Waals surface area contributed by atoms with Gasteiger partial charge in [0, 0.05) is 43.6 Å². The normalized spacial score (nSPS) is 15.0. The van der Waals surface area contributed by atoms with Crippen molar-refractivity contribution in [3.05, 3.63) is 59.4 Å². The van der Waals surface area contributed by atoms with Crippen LogP contribution in [0, 0.1) is 0 Å². The highest BCUT2D eigenvalue weighted by atomic mass is 16.2. The summed E-state index contributed by atoms with van der Waals surface area (Å²) < 4.78 is 0. The summed E-state index contributed by atoms with van der Waals surface area (Å²) in [6, 6.07) is 11.0. The zero-order valence-electron chi connectivity index (χ0n) is 16.1. The minimum absolute atomic E-state index is 0.126. The molecule has 142 valence electrons. The van der Waals surface area contributed by atoms with Crippen molar-refractivity contribution in [2.45, 2.75) is 19.8 Å². The molecule has 3 rings (SSSR count). The van der Waals surface area contributed by atoms with Crippen LogP contribution in [0.15, 0.2) is 42.6 Å². The van der Waals surface area contributed by atoms with Crippen molar-refractivity contribution < 1.29 is 9.59 Å². The summed E-state index contributed by atoms with van der Waals surface area (Å²) in [5.41, 5.74) is 2.68. The van der Waals surface area contributed by atoms with Crippen LogP contribution in [0.1, 0.15) is 46.2 Å². The van der Waals surface area contributed by atoms with Gasteiger partial charge in [0.25, 0.3) is 11.8 Å². The Morgan fingerprint density at radius 2 is 1.70 bits per heavy atom. The SMILES string of the molecule is CC(C)c1ccc(NC(=O)c2ccnc(C(=O)N3CCN(C)CC3)c2)cc1. The number of carbonyl (C=O) groups excluding carboxylic acids is 2. The first-order chi connectivity index (χ1) is 12.9. The first kappa shape index (κ1) is 19.0. The summed E-state index contributed by atoms with van der Waals surface area (Å²) in [7, 11) is 2.04. The van der Waals surface area contributed by atoms with Crippen LogP contribution < -0.4 is 5.32 Å². The van der Waals surface area contributed by atoms with Gasteiger partial charge in [-0.15, -0.1) is 0 Å². The number of carbonyl (C=O) groups is 2. The van der Waals surface area contributed by atoms with Crippen molar-refractivity contribution in [3.63, 3.8) is 0 Å². The Morgan fingerprint density at radius 1 is 1.04 bits per heavy atom. The highest BCUT2D eigenvalue weighted by molar-refractivity contribution is 6.05. The molecule has 1 aromatic carbocycles. The minimum atomic E-state index is -0.248. The van der Waals surface area contributed by atoms with Gasteiger partial charge in [0.15, 0.2) is 0 Å². The fourth-order valence-electron chi connectivity index (χ4n) is 3.01. The standard InChI is InChI=1S/C21H26N4O2/c1-15(2)16-4-6-18(7-5-16)23-20(26)17-8-9-22-19(14-17)21(27)25-12-10-24(3)11-13-25/h4-9,14-15H,10-13H2,1-3H3,(H,23,26). The third-order valence-electron chi connectivity index (χ3n) is 4.87. The molecule has 1 N–H and O–H groups in total. The summed E-state index contributed by atoms with van der Waals surface area (Å²) in [5, 5.41) is 2.88. The quantitative estimate of drug-likeness (QED) is 0.904. The number of likely N-dealkylation sites (N-methyl/N-ethyl adjacent to an activating group) is 1. The second-order valence-electron chi connectivity index (χ2n) is 7.26. The van der Waals surface area contributed by atoms with Gasteiger partial charge in [0.2, 0.25) is 0 Å². The largest absolute Gasteiger partial charge is 0.335 e. The zero-order chi connectivity index (χ0) is 19.4. The Bertz CT molecular complexity index is 809. The van der Waals surface area contributed by atoms with Gasteiger partial charge in [0.1, 0.15) is 5.69 Å². The van der Waals surface area contributed by atoms with Crippen LogP contribution in [0.4, 0.5) is 5.69 Å². The van der Waals surface area contributed by atoms with Crippen LogP contribution in [-0.2, 0) is 0 Å². The number of nitrogens with zero attached hydrogens (tertiary/aromatic N) is 3. The lowest BCUT2D eigenvalue weighted by molar-refractivity contribution is 0.0658. The van der Waals surface area contributed by atoms with E-state index in [-0.39, 0.29) is 11.8 Å². The van der Waals surface area contributed by atoms with Gasteiger partial charge in [-0.2, -0.15) is 0 Å². The van der Waals surface area contributed by atoms with Crippen LogP contribution in [0.25, 0.3) is 0 Å². The van der Waals surface area contributed by atoms with Crippen LogP contribution >= 0.6 is 0 Å². The first-order valence-corrected chi connectivity index (χ1v) is 9.29. The molecule has 0 radical (unpaired) electrons. The fraction of sp³-hybridized carbons (Fsp3) is 0.381. The lowest BCUT2D eigenvalue weighted by Crippen LogP contribution is -2.47. The van der Waals surface area contributed by atoms with Gasteiger partial charge in [-0.05, 0) is 42.8 Å². The third-order valence-corrected chi connectivity index (χ3v) is 4.87. The van der Waals surface area contributed by atoms with E-state index in [1.54, 1.807) is 17.0 Å². The van der Waals surface area contributed by atoms with E-state index >= 15 is 0 Å². The number of rotatable bonds is 4. The zero-order valence-corrected chi connectivity index (χ0v) is 16.1. The second kappa shape index (κ2) is 8.31. The molecule has 1 aliphatic heterocycles. The van der Waals surface area contributed by atoms with Crippen molar-refractivity contribution in [2.24, 2.45) is 0 Å². The highest BCUT2D eigenvalue weighted by Gasteiger charge is 2.22. The number of nitrogens with one attached hydrogen (secondary N) is 1.